The molecule has 0 bridgehead atoms. The van der Waals surface area contributed by atoms with Crippen molar-refractivity contribution in [2.45, 2.75) is 32.6 Å². The first kappa shape index (κ1) is 21.4. The Bertz CT molecular complexity index is 1150. The molecule has 2 aromatic carbocycles. The molecule has 0 aliphatic carbocycles. The molecule has 6 nitrogen and oxygen atoms in total. The number of nitrogens with one attached hydrogen (secondary N) is 1. The van der Waals surface area contributed by atoms with Crippen LogP contribution in [0, 0.1) is 19.7 Å². The largest absolute Gasteiger partial charge is 0.312 e. The minimum Gasteiger partial charge on any atom is -0.312 e. The Morgan fingerprint density at radius 2 is 2.06 bits per heavy atom. The van der Waals surface area contributed by atoms with Crippen LogP contribution in [0.1, 0.15) is 34.0 Å². The van der Waals surface area contributed by atoms with Crippen LogP contribution in [-0.2, 0) is 16.0 Å². The molecule has 0 saturated carbocycles. The molecule has 1 fully saturated rings. The maximum atomic E-state index is 13.9. The minimum atomic E-state index is -0.531. The average Bonchev–Trinajstić information content (AvgIpc) is 3.33. The highest BCUT2D eigenvalue weighted by molar-refractivity contribution is 7.15. The van der Waals surface area contributed by atoms with Crippen LogP contribution in [0.5, 0.6) is 0 Å². The van der Waals surface area contributed by atoms with Gasteiger partial charge < -0.3 is 10.2 Å². The lowest BCUT2D eigenvalue weighted by molar-refractivity contribution is -0.117. The second-order valence-corrected chi connectivity index (χ2v) is 8.96. The van der Waals surface area contributed by atoms with Crippen LogP contribution in [-0.4, -0.2) is 28.6 Å². The molecule has 1 atom stereocenters. The number of anilines is 2. The molecule has 2 amide bonds. The van der Waals surface area contributed by atoms with Crippen LogP contribution in [0.15, 0.2) is 36.4 Å². The summed E-state index contributed by atoms with van der Waals surface area (Å²) in [6.45, 7) is 4.56. The summed E-state index contributed by atoms with van der Waals surface area (Å²) in [6.07, 6.45) is 0.128. The van der Waals surface area contributed by atoms with E-state index in [2.05, 4.69) is 15.5 Å². The summed E-state index contributed by atoms with van der Waals surface area (Å²) in [5.41, 5.74) is 3.31. The van der Waals surface area contributed by atoms with Crippen molar-refractivity contribution in [1.82, 2.24) is 10.2 Å². The second kappa shape index (κ2) is 8.72. The maximum Gasteiger partial charge on any atom is 0.230 e. The molecule has 2 heterocycles. The van der Waals surface area contributed by atoms with Gasteiger partial charge in [0.1, 0.15) is 10.8 Å². The number of hydrogen-bond acceptors (Lipinski definition) is 5. The molecule has 1 N–H and O–H groups in total. The van der Waals surface area contributed by atoms with Crippen molar-refractivity contribution in [3.05, 3.63) is 68.9 Å². The predicted molar refractivity (Wildman–Crippen MR) is 119 cm³/mol. The van der Waals surface area contributed by atoms with E-state index >= 15 is 0 Å². The summed E-state index contributed by atoms with van der Waals surface area (Å²) >= 11 is 7.20. The van der Waals surface area contributed by atoms with Crippen molar-refractivity contribution in [3.8, 4) is 0 Å². The minimum absolute atomic E-state index is 0.0308. The standard InChI is InChI=1S/C22H20ClFN4O2S/c1-12-6-7-15(8-13(12)2)28-11-14(9-20(28)30)21-26-27-22(31-21)25-19(29)10-16-17(23)4-3-5-18(16)24/h3-8,14H,9-11H2,1-2H3,(H,25,27,29). The monoisotopic (exact) mass is 458 g/mol. The van der Waals surface area contributed by atoms with Gasteiger partial charge in [0.15, 0.2) is 0 Å². The molecular formula is C22H20ClFN4O2S. The fourth-order valence-corrected chi connectivity index (χ4v) is 4.57. The number of benzene rings is 2. The van der Waals surface area contributed by atoms with E-state index in [9.17, 15) is 14.0 Å². The van der Waals surface area contributed by atoms with Gasteiger partial charge in [-0.15, -0.1) is 10.2 Å². The predicted octanol–water partition coefficient (Wildman–Crippen LogP) is 4.65. The summed E-state index contributed by atoms with van der Waals surface area (Å²) in [7, 11) is 0. The quantitative estimate of drug-likeness (QED) is 0.604. The van der Waals surface area contributed by atoms with Crippen LogP contribution in [0.3, 0.4) is 0 Å². The molecule has 0 radical (unpaired) electrons. The Labute approximate surface area is 188 Å². The van der Waals surface area contributed by atoms with Crippen molar-refractivity contribution in [1.29, 1.82) is 0 Å². The summed E-state index contributed by atoms with van der Waals surface area (Å²) in [6, 6.07) is 10.2. The molecule has 4 rings (SSSR count). The van der Waals surface area contributed by atoms with Gasteiger partial charge in [-0.25, -0.2) is 4.39 Å². The van der Waals surface area contributed by atoms with Gasteiger partial charge in [-0.05, 0) is 49.2 Å². The Kier molecular flexibility index (Phi) is 6.02. The maximum absolute atomic E-state index is 13.9. The topological polar surface area (TPSA) is 75.2 Å². The third kappa shape index (κ3) is 4.60. The van der Waals surface area contributed by atoms with Gasteiger partial charge in [0, 0.05) is 35.2 Å². The number of halogens is 2. The van der Waals surface area contributed by atoms with E-state index in [1.54, 1.807) is 4.90 Å². The third-order valence-electron chi connectivity index (χ3n) is 5.36. The molecule has 3 aromatic rings. The Balaban J connectivity index is 1.42. The zero-order chi connectivity index (χ0) is 22.1. The molecule has 1 aliphatic rings. The Morgan fingerprint density at radius 1 is 1.26 bits per heavy atom. The van der Waals surface area contributed by atoms with Crippen molar-refractivity contribution >= 4 is 45.6 Å². The fraction of sp³-hybridized carbons (Fsp3) is 0.273. The van der Waals surface area contributed by atoms with Crippen molar-refractivity contribution in [2.75, 3.05) is 16.8 Å². The van der Waals surface area contributed by atoms with E-state index < -0.39 is 11.7 Å². The first-order chi connectivity index (χ1) is 14.8. The van der Waals surface area contributed by atoms with Gasteiger partial charge in [0.2, 0.25) is 16.9 Å². The molecule has 1 aromatic heterocycles. The summed E-state index contributed by atoms with van der Waals surface area (Å²) in [4.78, 5) is 26.6. The number of aryl methyl sites for hydroxylation is 2. The molecule has 1 saturated heterocycles. The zero-order valence-electron chi connectivity index (χ0n) is 17.0. The van der Waals surface area contributed by atoms with E-state index in [1.807, 2.05) is 32.0 Å². The van der Waals surface area contributed by atoms with Crippen molar-refractivity contribution < 1.29 is 14.0 Å². The van der Waals surface area contributed by atoms with Crippen LogP contribution < -0.4 is 10.2 Å². The highest BCUT2D eigenvalue weighted by Crippen LogP contribution is 2.35. The number of aromatic nitrogens is 2. The van der Waals surface area contributed by atoms with Crippen LogP contribution in [0.25, 0.3) is 0 Å². The lowest BCUT2D eigenvalue weighted by atomic mass is 10.1. The average molecular weight is 459 g/mol. The van der Waals surface area contributed by atoms with Gasteiger partial charge in [-0.1, -0.05) is 35.1 Å². The Morgan fingerprint density at radius 3 is 2.81 bits per heavy atom. The molecule has 1 unspecified atom stereocenters. The lowest BCUT2D eigenvalue weighted by Gasteiger charge is -2.17. The second-order valence-electron chi connectivity index (χ2n) is 7.54. The third-order valence-corrected chi connectivity index (χ3v) is 6.72. The van der Waals surface area contributed by atoms with E-state index in [0.717, 1.165) is 11.3 Å². The molecule has 1 aliphatic heterocycles. The Hall–Kier alpha value is -2.84. The van der Waals surface area contributed by atoms with E-state index in [1.165, 1.54) is 35.1 Å². The van der Waals surface area contributed by atoms with Gasteiger partial charge in [0.25, 0.3) is 0 Å². The van der Waals surface area contributed by atoms with E-state index in [-0.39, 0.29) is 28.8 Å². The lowest BCUT2D eigenvalue weighted by Crippen LogP contribution is -2.24. The van der Waals surface area contributed by atoms with Gasteiger partial charge >= 0.3 is 0 Å². The highest BCUT2D eigenvalue weighted by atomic mass is 35.5. The van der Waals surface area contributed by atoms with Crippen LogP contribution in [0.2, 0.25) is 5.02 Å². The number of hydrogen-bond donors (Lipinski definition) is 1. The number of carbonyl (C=O) groups excluding carboxylic acids is 2. The highest BCUT2D eigenvalue weighted by Gasteiger charge is 2.34. The van der Waals surface area contributed by atoms with Gasteiger partial charge in [-0.3, -0.25) is 9.59 Å². The SMILES string of the molecule is Cc1ccc(N2CC(c3nnc(NC(=O)Cc4c(F)cccc4Cl)s3)CC2=O)cc1C. The normalized spacial score (nSPS) is 16.1. The van der Waals surface area contributed by atoms with Crippen molar-refractivity contribution in [2.24, 2.45) is 0 Å². The number of rotatable bonds is 5. The first-order valence-corrected chi connectivity index (χ1v) is 10.9. The van der Waals surface area contributed by atoms with Gasteiger partial charge in [-0.2, -0.15) is 0 Å². The zero-order valence-corrected chi connectivity index (χ0v) is 18.6. The van der Waals surface area contributed by atoms with Crippen LogP contribution >= 0.6 is 22.9 Å². The van der Waals surface area contributed by atoms with E-state index in [0.29, 0.717) is 23.1 Å². The molecular weight excluding hydrogens is 439 g/mol. The molecule has 160 valence electrons. The van der Waals surface area contributed by atoms with Crippen molar-refractivity contribution in [3.63, 3.8) is 0 Å². The summed E-state index contributed by atoms with van der Waals surface area (Å²) < 4.78 is 13.9. The van der Waals surface area contributed by atoms with E-state index in [4.69, 9.17) is 11.6 Å². The first-order valence-electron chi connectivity index (χ1n) is 9.75. The summed E-state index contributed by atoms with van der Waals surface area (Å²) in [5, 5.41) is 12.0. The number of amides is 2. The number of nitrogens with zero attached hydrogens (tertiary/aromatic N) is 3. The summed E-state index contributed by atoms with van der Waals surface area (Å²) in [5.74, 6) is -1.04. The van der Waals surface area contributed by atoms with Gasteiger partial charge in [0.05, 0.1) is 6.42 Å². The fourth-order valence-electron chi connectivity index (χ4n) is 3.49. The molecule has 0 spiro atoms. The number of carbonyl (C=O) groups is 2. The van der Waals surface area contributed by atoms with Crippen LogP contribution in [0.4, 0.5) is 15.2 Å². The molecule has 31 heavy (non-hydrogen) atoms. The smallest absolute Gasteiger partial charge is 0.230 e. The molecule has 9 heteroatoms.